The van der Waals surface area contributed by atoms with E-state index in [1.54, 1.807) is 6.08 Å². The average molecular weight is 378 g/mol. The van der Waals surface area contributed by atoms with Crippen molar-refractivity contribution in [3.05, 3.63) is 90.2 Å². The van der Waals surface area contributed by atoms with Gasteiger partial charge in [0.1, 0.15) is 13.2 Å². The Kier molecular flexibility index (Phi) is 8.26. The Morgan fingerprint density at radius 3 is 1.68 bits per heavy atom. The van der Waals surface area contributed by atoms with Crippen molar-refractivity contribution < 1.29 is 19.1 Å². The van der Waals surface area contributed by atoms with Gasteiger partial charge in [-0.05, 0) is 23.1 Å². The second kappa shape index (κ2) is 10.9. The van der Waals surface area contributed by atoms with Gasteiger partial charge in [-0.25, -0.2) is 0 Å². The third-order valence-electron chi connectivity index (χ3n) is 4.42. The molecule has 0 heterocycles. The molecule has 146 valence electrons. The molecule has 0 aliphatic heterocycles. The molecule has 0 saturated carbocycles. The zero-order chi connectivity index (χ0) is 20.4. The van der Waals surface area contributed by atoms with Gasteiger partial charge in [-0.2, -0.15) is 0 Å². The number of rotatable bonds is 9. The molecule has 4 nitrogen and oxygen atoms in total. The highest BCUT2D eigenvalue weighted by Gasteiger charge is 2.38. The molecule has 0 aliphatic rings. The number of hydrogen-bond acceptors (Lipinski definition) is 4. The first-order chi connectivity index (χ1) is 13.5. The van der Waals surface area contributed by atoms with Crippen molar-refractivity contribution in [3.63, 3.8) is 0 Å². The standard InChI is InChI=1S/C24H26O4/c1-4-11-21(18(2)3)22(23(25)27-16-19-12-7-5-8-13-19)24(26)28-17-20-14-9-6-10-15-20/h5-15,18,21-22H,1,16-17H2,2-3H3. The molecule has 0 saturated heterocycles. The van der Waals surface area contributed by atoms with Crippen LogP contribution in [0.1, 0.15) is 25.0 Å². The summed E-state index contributed by atoms with van der Waals surface area (Å²) in [6, 6.07) is 18.7. The molecule has 0 amide bonds. The van der Waals surface area contributed by atoms with E-state index in [1.165, 1.54) is 0 Å². The van der Waals surface area contributed by atoms with Crippen LogP contribution < -0.4 is 0 Å². The summed E-state index contributed by atoms with van der Waals surface area (Å²) in [4.78, 5) is 25.6. The zero-order valence-electron chi connectivity index (χ0n) is 16.3. The van der Waals surface area contributed by atoms with E-state index in [9.17, 15) is 9.59 Å². The van der Waals surface area contributed by atoms with Crippen LogP contribution in [0.25, 0.3) is 0 Å². The van der Waals surface area contributed by atoms with Crippen LogP contribution in [0.5, 0.6) is 0 Å². The van der Waals surface area contributed by atoms with Gasteiger partial charge in [0, 0.05) is 5.92 Å². The normalized spacial score (nSPS) is 11.6. The highest BCUT2D eigenvalue weighted by atomic mass is 16.6. The van der Waals surface area contributed by atoms with E-state index < -0.39 is 23.8 Å². The topological polar surface area (TPSA) is 52.6 Å². The minimum Gasteiger partial charge on any atom is -0.460 e. The average Bonchev–Trinajstić information content (AvgIpc) is 2.71. The fourth-order valence-corrected chi connectivity index (χ4v) is 2.86. The summed E-state index contributed by atoms with van der Waals surface area (Å²) in [6.07, 6.45) is 1.64. The Morgan fingerprint density at radius 2 is 1.32 bits per heavy atom. The van der Waals surface area contributed by atoms with Gasteiger partial charge >= 0.3 is 11.9 Å². The molecule has 28 heavy (non-hydrogen) atoms. The molecule has 0 bridgehead atoms. The third kappa shape index (κ3) is 6.26. The van der Waals surface area contributed by atoms with Gasteiger partial charge in [-0.3, -0.25) is 9.59 Å². The Bertz CT molecular complexity index is 750. The SMILES string of the molecule is C=C=CC(C(C)C)C(C(=O)OCc1ccccc1)C(=O)OCc1ccccc1. The molecule has 0 fully saturated rings. The summed E-state index contributed by atoms with van der Waals surface area (Å²) in [7, 11) is 0. The summed E-state index contributed by atoms with van der Waals surface area (Å²) in [6.45, 7) is 7.65. The van der Waals surface area contributed by atoms with Crippen LogP contribution in [0.15, 0.2) is 79.0 Å². The van der Waals surface area contributed by atoms with Crippen LogP contribution in [0, 0.1) is 17.8 Å². The van der Waals surface area contributed by atoms with E-state index >= 15 is 0 Å². The highest BCUT2D eigenvalue weighted by Crippen LogP contribution is 2.26. The third-order valence-corrected chi connectivity index (χ3v) is 4.42. The van der Waals surface area contributed by atoms with Crippen molar-refractivity contribution in [1.29, 1.82) is 0 Å². The van der Waals surface area contributed by atoms with Gasteiger partial charge in [-0.15, -0.1) is 5.73 Å². The van der Waals surface area contributed by atoms with Crippen molar-refractivity contribution in [3.8, 4) is 0 Å². The highest BCUT2D eigenvalue weighted by molar-refractivity contribution is 5.95. The monoisotopic (exact) mass is 378 g/mol. The van der Waals surface area contributed by atoms with Crippen LogP contribution in [0.2, 0.25) is 0 Å². The van der Waals surface area contributed by atoms with E-state index in [0.29, 0.717) is 0 Å². The van der Waals surface area contributed by atoms with Gasteiger partial charge in [0.15, 0.2) is 5.92 Å². The van der Waals surface area contributed by atoms with E-state index in [4.69, 9.17) is 9.47 Å². The lowest BCUT2D eigenvalue weighted by Gasteiger charge is -2.24. The van der Waals surface area contributed by atoms with Crippen molar-refractivity contribution in [2.24, 2.45) is 17.8 Å². The molecule has 1 unspecified atom stereocenters. The number of esters is 2. The summed E-state index contributed by atoms with van der Waals surface area (Å²) >= 11 is 0. The molecule has 0 radical (unpaired) electrons. The summed E-state index contributed by atoms with van der Waals surface area (Å²) in [5.74, 6) is -2.68. The molecule has 4 heteroatoms. The minimum atomic E-state index is -1.07. The number of carbonyl (C=O) groups is 2. The van der Waals surface area contributed by atoms with Crippen molar-refractivity contribution in [2.75, 3.05) is 0 Å². The van der Waals surface area contributed by atoms with Gasteiger partial charge in [0.25, 0.3) is 0 Å². The maximum absolute atomic E-state index is 12.8. The van der Waals surface area contributed by atoms with Gasteiger partial charge in [0.2, 0.25) is 0 Å². The molecular formula is C24H26O4. The second-order valence-corrected chi connectivity index (χ2v) is 6.86. The molecule has 1 atom stereocenters. The van der Waals surface area contributed by atoms with E-state index in [0.717, 1.165) is 11.1 Å². The lowest BCUT2D eigenvalue weighted by molar-refractivity contribution is -0.166. The first-order valence-corrected chi connectivity index (χ1v) is 9.30. The van der Waals surface area contributed by atoms with Crippen molar-refractivity contribution in [2.45, 2.75) is 27.1 Å². The van der Waals surface area contributed by atoms with Crippen LogP contribution >= 0.6 is 0 Å². The first kappa shape index (κ1) is 21.2. The first-order valence-electron chi connectivity index (χ1n) is 9.30. The number of hydrogen-bond donors (Lipinski definition) is 0. The number of benzene rings is 2. The van der Waals surface area contributed by atoms with Gasteiger partial charge < -0.3 is 9.47 Å². The summed E-state index contributed by atoms with van der Waals surface area (Å²) < 4.78 is 10.9. The van der Waals surface area contributed by atoms with E-state index in [2.05, 4.69) is 12.3 Å². The van der Waals surface area contributed by atoms with Crippen LogP contribution in [-0.4, -0.2) is 11.9 Å². The Hall–Kier alpha value is -3.10. The Morgan fingerprint density at radius 1 is 0.893 bits per heavy atom. The smallest absolute Gasteiger partial charge is 0.321 e. The fraction of sp³-hybridized carbons (Fsp3) is 0.292. The summed E-state index contributed by atoms with van der Waals surface area (Å²) in [5, 5.41) is 0. The lowest BCUT2D eigenvalue weighted by Crippen LogP contribution is -2.35. The predicted octanol–water partition coefficient (Wildman–Crippen LogP) is 4.70. The van der Waals surface area contributed by atoms with Crippen LogP contribution in [0.3, 0.4) is 0 Å². The quantitative estimate of drug-likeness (QED) is 0.360. The lowest BCUT2D eigenvalue weighted by atomic mass is 9.83. The second-order valence-electron chi connectivity index (χ2n) is 6.86. The molecule has 0 aliphatic carbocycles. The minimum absolute atomic E-state index is 0.00722. The molecule has 2 aromatic carbocycles. The van der Waals surface area contributed by atoms with E-state index in [1.807, 2.05) is 74.5 Å². The van der Waals surface area contributed by atoms with Gasteiger partial charge in [-0.1, -0.05) is 81.1 Å². The largest absolute Gasteiger partial charge is 0.460 e. The zero-order valence-corrected chi connectivity index (χ0v) is 16.3. The van der Waals surface area contributed by atoms with Gasteiger partial charge in [0.05, 0.1) is 0 Å². The summed E-state index contributed by atoms with van der Waals surface area (Å²) in [5.41, 5.74) is 4.40. The molecule has 2 aromatic rings. The van der Waals surface area contributed by atoms with Crippen LogP contribution in [0.4, 0.5) is 0 Å². The molecule has 2 rings (SSSR count). The molecule has 0 aromatic heterocycles. The number of carbonyl (C=O) groups excluding carboxylic acids is 2. The predicted molar refractivity (Wildman–Crippen MR) is 108 cm³/mol. The number of ether oxygens (including phenoxy) is 2. The number of allylic oxidation sites excluding steroid dienone is 1. The van der Waals surface area contributed by atoms with Crippen molar-refractivity contribution in [1.82, 2.24) is 0 Å². The van der Waals surface area contributed by atoms with Crippen molar-refractivity contribution >= 4 is 11.9 Å². The van der Waals surface area contributed by atoms with E-state index in [-0.39, 0.29) is 19.1 Å². The Balaban J connectivity index is 2.13. The Labute approximate surface area is 166 Å². The molecule has 0 N–H and O–H groups in total. The van der Waals surface area contributed by atoms with Crippen LogP contribution in [-0.2, 0) is 32.3 Å². The maximum atomic E-state index is 12.8. The molecular weight excluding hydrogens is 352 g/mol. The maximum Gasteiger partial charge on any atom is 0.321 e. The molecule has 0 spiro atoms. The fourth-order valence-electron chi connectivity index (χ4n) is 2.86.